The predicted molar refractivity (Wildman–Crippen MR) is 86.9 cm³/mol. The fourth-order valence-corrected chi connectivity index (χ4v) is 3.40. The van der Waals surface area contributed by atoms with Crippen molar-refractivity contribution in [3.8, 4) is 0 Å². The Morgan fingerprint density at radius 1 is 1.25 bits per heavy atom. The van der Waals surface area contributed by atoms with Gasteiger partial charge in [0.1, 0.15) is 0 Å². The standard InChI is InChI=1S/C15H17Cl2NOS/c1-9-5-12(20-10(9)2)7-18-8-15(19)13-6-11(16)3-4-14(13)17/h3-6,15,18-19H,7-8H2,1-2H3. The van der Waals surface area contributed by atoms with Crippen LogP contribution in [0.3, 0.4) is 0 Å². The number of hydrogen-bond donors (Lipinski definition) is 2. The van der Waals surface area contributed by atoms with Gasteiger partial charge in [-0.1, -0.05) is 23.2 Å². The molecule has 1 aromatic heterocycles. The van der Waals surface area contributed by atoms with Crippen molar-refractivity contribution in [3.63, 3.8) is 0 Å². The molecule has 1 atom stereocenters. The summed E-state index contributed by atoms with van der Waals surface area (Å²) in [5.41, 5.74) is 1.97. The van der Waals surface area contributed by atoms with Crippen molar-refractivity contribution >= 4 is 34.5 Å². The Hall–Kier alpha value is -0.580. The van der Waals surface area contributed by atoms with Crippen molar-refractivity contribution in [2.75, 3.05) is 6.54 Å². The third-order valence-electron chi connectivity index (χ3n) is 3.17. The van der Waals surface area contributed by atoms with Gasteiger partial charge in [-0.2, -0.15) is 0 Å². The van der Waals surface area contributed by atoms with Crippen LogP contribution in [0.2, 0.25) is 10.0 Å². The van der Waals surface area contributed by atoms with Crippen LogP contribution >= 0.6 is 34.5 Å². The van der Waals surface area contributed by atoms with Gasteiger partial charge in [-0.3, -0.25) is 0 Å². The average molecular weight is 330 g/mol. The number of rotatable bonds is 5. The summed E-state index contributed by atoms with van der Waals surface area (Å²) in [6.07, 6.45) is -0.664. The molecular formula is C15H17Cl2NOS. The first-order valence-electron chi connectivity index (χ1n) is 6.37. The largest absolute Gasteiger partial charge is 0.387 e. The van der Waals surface area contributed by atoms with Crippen molar-refractivity contribution in [2.45, 2.75) is 26.5 Å². The van der Waals surface area contributed by atoms with Crippen LogP contribution in [0, 0.1) is 13.8 Å². The number of benzene rings is 1. The molecule has 1 heterocycles. The van der Waals surface area contributed by atoms with Crippen molar-refractivity contribution in [3.05, 3.63) is 55.2 Å². The van der Waals surface area contributed by atoms with Crippen LogP contribution in [-0.4, -0.2) is 11.7 Å². The van der Waals surface area contributed by atoms with E-state index in [4.69, 9.17) is 23.2 Å². The lowest BCUT2D eigenvalue weighted by molar-refractivity contribution is 0.174. The number of thiophene rings is 1. The van der Waals surface area contributed by atoms with Crippen LogP contribution in [-0.2, 0) is 6.54 Å². The highest BCUT2D eigenvalue weighted by Gasteiger charge is 2.12. The summed E-state index contributed by atoms with van der Waals surface area (Å²) in [4.78, 5) is 2.60. The number of halogens is 2. The summed E-state index contributed by atoms with van der Waals surface area (Å²) in [6, 6.07) is 7.29. The summed E-state index contributed by atoms with van der Waals surface area (Å²) in [5.74, 6) is 0. The van der Waals surface area contributed by atoms with E-state index in [9.17, 15) is 5.11 Å². The van der Waals surface area contributed by atoms with Gasteiger partial charge in [0.05, 0.1) is 6.10 Å². The highest BCUT2D eigenvalue weighted by atomic mass is 35.5. The van der Waals surface area contributed by atoms with Crippen LogP contribution in [0.5, 0.6) is 0 Å². The van der Waals surface area contributed by atoms with Gasteiger partial charge < -0.3 is 10.4 Å². The minimum Gasteiger partial charge on any atom is -0.387 e. The minimum absolute atomic E-state index is 0.441. The molecule has 1 aromatic carbocycles. The van der Waals surface area contributed by atoms with Crippen molar-refractivity contribution < 1.29 is 5.11 Å². The van der Waals surface area contributed by atoms with E-state index in [1.165, 1.54) is 15.3 Å². The molecule has 5 heteroatoms. The van der Waals surface area contributed by atoms with Crippen LogP contribution in [0.25, 0.3) is 0 Å². The molecule has 20 heavy (non-hydrogen) atoms. The molecule has 2 N–H and O–H groups in total. The number of aliphatic hydroxyl groups is 1. The third kappa shape index (κ3) is 3.96. The summed E-state index contributed by atoms with van der Waals surface area (Å²) in [7, 11) is 0. The van der Waals surface area contributed by atoms with E-state index in [1.54, 1.807) is 29.5 Å². The zero-order valence-electron chi connectivity index (χ0n) is 11.4. The van der Waals surface area contributed by atoms with E-state index in [2.05, 4.69) is 25.2 Å². The second kappa shape index (κ2) is 6.92. The number of aryl methyl sites for hydroxylation is 2. The van der Waals surface area contributed by atoms with Gasteiger partial charge in [0.15, 0.2) is 0 Å². The van der Waals surface area contributed by atoms with Gasteiger partial charge in [-0.05, 0) is 43.7 Å². The quantitative estimate of drug-likeness (QED) is 0.846. The molecule has 0 amide bonds. The van der Waals surface area contributed by atoms with Gasteiger partial charge in [0.25, 0.3) is 0 Å². The summed E-state index contributed by atoms with van der Waals surface area (Å²) < 4.78 is 0. The van der Waals surface area contributed by atoms with E-state index in [1.807, 2.05) is 0 Å². The Balaban J connectivity index is 1.92. The molecule has 1 unspecified atom stereocenters. The molecule has 0 fully saturated rings. The molecule has 2 aromatic rings. The van der Waals surface area contributed by atoms with Crippen LogP contribution in [0.1, 0.15) is 27.0 Å². The van der Waals surface area contributed by atoms with Crippen LogP contribution < -0.4 is 5.32 Å². The lowest BCUT2D eigenvalue weighted by atomic mass is 10.1. The fourth-order valence-electron chi connectivity index (χ4n) is 1.95. The summed E-state index contributed by atoms with van der Waals surface area (Å²) in [5, 5.41) is 14.5. The normalized spacial score (nSPS) is 12.7. The highest BCUT2D eigenvalue weighted by molar-refractivity contribution is 7.12. The number of nitrogens with one attached hydrogen (secondary N) is 1. The van der Waals surface area contributed by atoms with Crippen molar-refractivity contribution in [2.24, 2.45) is 0 Å². The molecule has 0 spiro atoms. The van der Waals surface area contributed by atoms with Gasteiger partial charge in [-0.25, -0.2) is 0 Å². The van der Waals surface area contributed by atoms with E-state index in [-0.39, 0.29) is 0 Å². The molecule has 0 aliphatic carbocycles. The number of hydrogen-bond acceptors (Lipinski definition) is 3. The topological polar surface area (TPSA) is 32.3 Å². The molecular weight excluding hydrogens is 313 g/mol. The number of aliphatic hydroxyl groups excluding tert-OH is 1. The van der Waals surface area contributed by atoms with Crippen LogP contribution in [0.15, 0.2) is 24.3 Å². The van der Waals surface area contributed by atoms with Gasteiger partial charge in [-0.15, -0.1) is 11.3 Å². The summed E-state index contributed by atoms with van der Waals surface area (Å²) >= 11 is 13.8. The second-order valence-corrected chi connectivity index (χ2v) is 6.95. The Kier molecular flexibility index (Phi) is 5.47. The molecule has 2 rings (SSSR count). The zero-order chi connectivity index (χ0) is 14.7. The van der Waals surface area contributed by atoms with E-state index in [0.717, 1.165) is 6.54 Å². The van der Waals surface area contributed by atoms with Crippen molar-refractivity contribution in [1.82, 2.24) is 5.32 Å². The molecule has 0 radical (unpaired) electrons. The maximum atomic E-state index is 10.2. The SMILES string of the molecule is Cc1cc(CNCC(O)c2cc(Cl)ccc2Cl)sc1C. The Morgan fingerprint density at radius 3 is 2.65 bits per heavy atom. The Labute approximate surface area is 133 Å². The van der Waals surface area contributed by atoms with Crippen molar-refractivity contribution in [1.29, 1.82) is 0 Å². The second-order valence-electron chi connectivity index (χ2n) is 4.76. The maximum Gasteiger partial charge on any atom is 0.0929 e. The fraction of sp³-hybridized carbons (Fsp3) is 0.333. The lowest BCUT2D eigenvalue weighted by Crippen LogP contribution is -2.20. The van der Waals surface area contributed by atoms with E-state index < -0.39 is 6.10 Å². The molecule has 0 aliphatic heterocycles. The smallest absolute Gasteiger partial charge is 0.0929 e. The predicted octanol–water partition coefficient (Wildman–Crippen LogP) is 4.49. The van der Waals surface area contributed by atoms with Gasteiger partial charge >= 0.3 is 0 Å². The van der Waals surface area contributed by atoms with E-state index in [0.29, 0.717) is 22.2 Å². The molecule has 108 valence electrons. The monoisotopic (exact) mass is 329 g/mol. The van der Waals surface area contributed by atoms with E-state index >= 15 is 0 Å². The average Bonchev–Trinajstić information content (AvgIpc) is 2.71. The first-order valence-corrected chi connectivity index (χ1v) is 7.94. The first kappa shape index (κ1) is 15.8. The summed E-state index contributed by atoms with van der Waals surface area (Å²) in [6.45, 7) is 5.41. The molecule has 0 aliphatic rings. The van der Waals surface area contributed by atoms with Crippen LogP contribution in [0.4, 0.5) is 0 Å². The van der Waals surface area contributed by atoms with Gasteiger partial charge in [0, 0.05) is 38.5 Å². The molecule has 0 saturated carbocycles. The Bertz CT molecular complexity index is 578. The molecule has 0 bridgehead atoms. The highest BCUT2D eigenvalue weighted by Crippen LogP contribution is 2.26. The third-order valence-corrected chi connectivity index (χ3v) is 4.90. The zero-order valence-corrected chi connectivity index (χ0v) is 13.7. The lowest BCUT2D eigenvalue weighted by Gasteiger charge is -2.13. The first-order chi connectivity index (χ1) is 9.47. The maximum absolute atomic E-state index is 10.2. The Morgan fingerprint density at radius 2 is 2.00 bits per heavy atom. The van der Waals surface area contributed by atoms with Gasteiger partial charge in [0.2, 0.25) is 0 Å². The molecule has 0 saturated heterocycles. The minimum atomic E-state index is -0.664. The molecule has 2 nitrogen and oxygen atoms in total.